The fraction of sp³-hybridized carbons (Fsp3) is 0.769. The van der Waals surface area contributed by atoms with Gasteiger partial charge in [0.2, 0.25) is 0 Å². The van der Waals surface area contributed by atoms with Crippen LogP contribution in [0.25, 0.3) is 0 Å². The molecule has 1 rings (SSSR count). The van der Waals surface area contributed by atoms with Crippen LogP contribution in [0, 0.1) is 5.92 Å². The third-order valence-electron chi connectivity index (χ3n) is 2.95. The van der Waals surface area contributed by atoms with Crippen LogP contribution in [-0.2, 0) is 6.54 Å². The predicted molar refractivity (Wildman–Crippen MR) is 73.4 cm³/mol. The molecule has 1 unspecified atom stereocenters. The summed E-state index contributed by atoms with van der Waals surface area (Å²) >= 11 is 6.25. The molecule has 1 atom stereocenters. The first-order chi connectivity index (χ1) is 8.10. The van der Waals surface area contributed by atoms with Crippen molar-refractivity contribution in [1.29, 1.82) is 0 Å². The topological polar surface area (TPSA) is 29.9 Å². The highest BCUT2D eigenvalue weighted by atomic mass is 35.5. The van der Waals surface area contributed by atoms with Crippen LogP contribution in [0.15, 0.2) is 6.20 Å². The average Bonchev–Trinajstić information content (AvgIpc) is 2.65. The van der Waals surface area contributed by atoms with Gasteiger partial charge in [0.15, 0.2) is 0 Å². The lowest BCUT2D eigenvalue weighted by Gasteiger charge is -2.20. The van der Waals surface area contributed by atoms with Gasteiger partial charge in [-0.25, -0.2) is 0 Å². The van der Waals surface area contributed by atoms with Gasteiger partial charge >= 0.3 is 0 Å². The Labute approximate surface area is 110 Å². The molecule has 0 radical (unpaired) electrons. The van der Waals surface area contributed by atoms with Crippen molar-refractivity contribution >= 4 is 11.6 Å². The number of hydrogen-bond acceptors (Lipinski definition) is 2. The lowest BCUT2D eigenvalue weighted by atomic mass is 10.0. The summed E-state index contributed by atoms with van der Waals surface area (Å²) in [6.45, 7) is 10.5. The first-order valence-electron chi connectivity index (χ1n) is 6.54. The van der Waals surface area contributed by atoms with Gasteiger partial charge in [-0.2, -0.15) is 5.10 Å². The summed E-state index contributed by atoms with van der Waals surface area (Å²) in [6.07, 6.45) is 4.06. The average molecular weight is 258 g/mol. The van der Waals surface area contributed by atoms with E-state index >= 15 is 0 Å². The van der Waals surface area contributed by atoms with Crippen molar-refractivity contribution in [2.75, 3.05) is 6.54 Å². The Morgan fingerprint density at radius 1 is 1.35 bits per heavy atom. The molecule has 1 aromatic heterocycles. The number of halogens is 1. The minimum absolute atomic E-state index is 0.317. The highest BCUT2D eigenvalue weighted by Crippen LogP contribution is 2.27. The van der Waals surface area contributed by atoms with E-state index < -0.39 is 0 Å². The van der Waals surface area contributed by atoms with E-state index in [9.17, 15) is 0 Å². The number of hydrogen-bond donors (Lipinski definition) is 1. The van der Waals surface area contributed by atoms with Crippen molar-refractivity contribution in [3.63, 3.8) is 0 Å². The SMILES string of the molecule is CCNC(CCC(C)C)c1c(Cl)cnn1CC. The summed E-state index contributed by atoms with van der Waals surface area (Å²) in [7, 11) is 0. The van der Waals surface area contributed by atoms with E-state index in [1.165, 1.54) is 6.42 Å². The maximum Gasteiger partial charge on any atom is 0.0834 e. The zero-order chi connectivity index (χ0) is 12.8. The van der Waals surface area contributed by atoms with Crippen molar-refractivity contribution in [3.05, 3.63) is 16.9 Å². The summed E-state index contributed by atoms with van der Waals surface area (Å²) in [4.78, 5) is 0. The lowest BCUT2D eigenvalue weighted by molar-refractivity contribution is 0.422. The van der Waals surface area contributed by atoms with Gasteiger partial charge in [-0.05, 0) is 32.2 Å². The Hall–Kier alpha value is -0.540. The van der Waals surface area contributed by atoms with Crippen LogP contribution in [0.4, 0.5) is 0 Å². The minimum Gasteiger partial charge on any atom is -0.309 e. The highest BCUT2D eigenvalue weighted by molar-refractivity contribution is 6.31. The third kappa shape index (κ3) is 4.00. The van der Waals surface area contributed by atoms with Gasteiger partial charge in [0, 0.05) is 6.54 Å². The van der Waals surface area contributed by atoms with E-state index in [4.69, 9.17) is 11.6 Å². The molecule has 0 fully saturated rings. The van der Waals surface area contributed by atoms with Crippen molar-refractivity contribution < 1.29 is 0 Å². The molecule has 0 aliphatic heterocycles. The summed E-state index contributed by atoms with van der Waals surface area (Å²) in [5, 5.41) is 8.60. The van der Waals surface area contributed by atoms with Gasteiger partial charge in [0.25, 0.3) is 0 Å². The Balaban J connectivity index is 2.84. The Kier molecular flexibility index (Phi) is 6.00. The normalized spacial score (nSPS) is 13.3. The molecule has 1 aromatic rings. The fourth-order valence-electron chi connectivity index (χ4n) is 2.05. The number of rotatable bonds is 7. The molecule has 1 N–H and O–H groups in total. The van der Waals surface area contributed by atoms with Gasteiger partial charge in [0.1, 0.15) is 0 Å². The van der Waals surface area contributed by atoms with Gasteiger partial charge < -0.3 is 5.32 Å². The predicted octanol–water partition coefficient (Wildman–Crippen LogP) is 3.64. The van der Waals surface area contributed by atoms with E-state index in [2.05, 4.69) is 38.1 Å². The quantitative estimate of drug-likeness (QED) is 0.808. The van der Waals surface area contributed by atoms with Gasteiger partial charge in [-0.15, -0.1) is 0 Å². The number of aromatic nitrogens is 2. The molecule has 98 valence electrons. The van der Waals surface area contributed by atoms with Crippen LogP contribution >= 0.6 is 11.6 Å². The minimum atomic E-state index is 0.317. The smallest absolute Gasteiger partial charge is 0.0834 e. The molecule has 0 aromatic carbocycles. The Morgan fingerprint density at radius 2 is 2.06 bits per heavy atom. The summed E-state index contributed by atoms with van der Waals surface area (Å²) in [6, 6.07) is 0.317. The standard InChI is InChI=1S/C13H24ClN3/c1-5-15-12(8-7-10(3)4)13-11(14)9-16-17(13)6-2/h9-10,12,15H,5-8H2,1-4H3. The largest absolute Gasteiger partial charge is 0.309 e. The van der Waals surface area contributed by atoms with Gasteiger partial charge in [-0.3, -0.25) is 4.68 Å². The maximum absolute atomic E-state index is 6.25. The van der Waals surface area contributed by atoms with E-state index in [-0.39, 0.29) is 0 Å². The van der Waals surface area contributed by atoms with Crippen LogP contribution in [0.3, 0.4) is 0 Å². The molecule has 0 bridgehead atoms. The second-order valence-electron chi connectivity index (χ2n) is 4.77. The van der Waals surface area contributed by atoms with Gasteiger partial charge in [-0.1, -0.05) is 32.4 Å². The molecule has 4 heteroatoms. The maximum atomic E-state index is 6.25. The van der Waals surface area contributed by atoms with Crippen LogP contribution in [-0.4, -0.2) is 16.3 Å². The second kappa shape index (κ2) is 7.02. The molecular formula is C13H24ClN3. The molecule has 1 heterocycles. The zero-order valence-electron chi connectivity index (χ0n) is 11.3. The van der Waals surface area contributed by atoms with Crippen molar-refractivity contribution in [2.45, 2.75) is 53.1 Å². The zero-order valence-corrected chi connectivity index (χ0v) is 12.1. The van der Waals surface area contributed by atoms with E-state index in [1.54, 1.807) is 6.20 Å². The monoisotopic (exact) mass is 257 g/mol. The Bertz CT molecular complexity index is 333. The molecule has 0 aliphatic rings. The molecule has 0 saturated heterocycles. The van der Waals surface area contributed by atoms with Crippen LogP contribution in [0.2, 0.25) is 5.02 Å². The lowest BCUT2D eigenvalue weighted by Crippen LogP contribution is -2.24. The number of nitrogens with zero attached hydrogens (tertiary/aromatic N) is 2. The van der Waals surface area contributed by atoms with E-state index in [0.717, 1.165) is 30.2 Å². The van der Waals surface area contributed by atoms with Crippen molar-refractivity contribution in [3.8, 4) is 0 Å². The first-order valence-corrected chi connectivity index (χ1v) is 6.92. The van der Waals surface area contributed by atoms with E-state index in [0.29, 0.717) is 12.0 Å². The van der Waals surface area contributed by atoms with Gasteiger partial charge in [0.05, 0.1) is 23.0 Å². The second-order valence-corrected chi connectivity index (χ2v) is 5.18. The fourth-order valence-corrected chi connectivity index (χ4v) is 2.33. The molecule has 3 nitrogen and oxygen atoms in total. The summed E-state index contributed by atoms with van der Waals surface area (Å²) in [5.41, 5.74) is 1.14. The van der Waals surface area contributed by atoms with Crippen molar-refractivity contribution in [2.24, 2.45) is 5.92 Å². The molecular weight excluding hydrogens is 234 g/mol. The molecule has 0 aliphatic carbocycles. The number of nitrogens with one attached hydrogen (secondary N) is 1. The molecule has 0 spiro atoms. The summed E-state index contributed by atoms with van der Waals surface area (Å²) in [5.74, 6) is 0.716. The van der Waals surface area contributed by atoms with E-state index in [1.807, 2.05) is 4.68 Å². The molecule has 0 saturated carbocycles. The van der Waals surface area contributed by atoms with Crippen molar-refractivity contribution in [1.82, 2.24) is 15.1 Å². The first kappa shape index (κ1) is 14.5. The van der Waals surface area contributed by atoms with Crippen LogP contribution in [0.1, 0.15) is 52.3 Å². The van der Waals surface area contributed by atoms with Crippen LogP contribution in [0.5, 0.6) is 0 Å². The highest BCUT2D eigenvalue weighted by Gasteiger charge is 2.19. The molecule has 17 heavy (non-hydrogen) atoms. The number of aryl methyl sites for hydroxylation is 1. The summed E-state index contributed by atoms with van der Waals surface area (Å²) < 4.78 is 2.00. The molecule has 0 amide bonds. The van der Waals surface area contributed by atoms with Crippen LogP contribution < -0.4 is 5.32 Å². The third-order valence-corrected chi connectivity index (χ3v) is 3.24. The Morgan fingerprint density at radius 3 is 2.59 bits per heavy atom.